The number of hydrogen-bond acceptors (Lipinski definition) is 5. The Hall–Kier alpha value is -2.39. The molecular formula is C26H37N5OS2. The predicted octanol–water partition coefficient (Wildman–Crippen LogP) is 3.77. The molecule has 0 radical (unpaired) electrons. The van der Waals surface area contributed by atoms with E-state index in [9.17, 15) is 4.79 Å². The summed E-state index contributed by atoms with van der Waals surface area (Å²) in [4.78, 5) is 17.9. The van der Waals surface area contributed by atoms with Gasteiger partial charge in [-0.05, 0) is 62.7 Å². The summed E-state index contributed by atoms with van der Waals surface area (Å²) in [7, 11) is 0. The Morgan fingerprint density at radius 1 is 1.24 bits per heavy atom. The molecule has 1 aromatic carbocycles. The van der Waals surface area contributed by atoms with Crippen LogP contribution in [0.4, 0.5) is 0 Å². The van der Waals surface area contributed by atoms with Crippen molar-refractivity contribution in [2.45, 2.75) is 18.7 Å². The number of hydrogen-bond donors (Lipinski definition) is 3. The van der Waals surface area contributed by atoms with E-state index in [1.54, 1.807) is 11.8 Å². The fourth-order valence-corrected chi connectivity index (χ4v) is 4.16. The molecular weight excluding hydrogens is 462 g/mol. The van der Waals surface area contributed by atoms with Crippen LogP contribution in [0.5, 0.6) is 0 Å². The highest BCUT2D eigenvalue weighted by atomic mass is 32.2. The Labute approximate surface area is 214 Å². The maximum Gasteiger partial charge on any atom is 0.255 e. The number of nitrogens with one attached hydrogen (secondary N) is 3. The third-order valence-corrected chi connectivity index (χ3v) is 6.41. The van der Waals surface area contributed by atoms with E-state index >= 15 is 0 Å². The predicted molar refractivity (Wildman–Crippen MR) is 149 cm³/mol. The third-order valence-electron chi connectivity index (χ3n) is 5.30. The second-order valence-corrected chi connectivity index (χ2v) is 9.13. The van der Waals surface area contributed by atoms with E-state index in [0.29, 0.717) is 17.2 Å². The normalized spacial score (nSPS) is 15.0. The molecule has 1 heterocycles. The summed E-state index contributed by atoms with van der Waals surface area (Å²) in [5, 5.41) is 10.2. The summed E-state index contributed by atoms with van der Waals surface area (Å²) < 4.78 is 0. The minimum absolute atomic E-state index is 0.109. The van der Waals surface area contributed by atoms with Crippen molar-refractivity contribution in [3.8, 4) is 0 Å². The number of carbonyl (C=O) groups is 1. The van der Waals surface area contributed by atoms with Crippen LogP contribution in [0.3, 0.4) is 0 Å². The molecule has 34 heavy (non-hydrogen) atoms. The van der Waals surface area contributed by atoms with E-state index in [2.05, 4.69) is 39.3 Å². The molecule has 0 spiro atoms. The van der Waals surface area contributed by atoms with Gasteiger partial charge in [0, 0.05) is 67.7 Å². The van der Waals surface area contributed by atoms with Gasteiger partial charge in [-0.25, -0.2) is 0 Å². The van der Waals surface area contributed by atoms with E-state index in [1.807, 2.05) is 67.8 Å². The van der Waals surface area contributed by atoms with Crippen molar-refractivity contribution in [2.75, 3.05) is 52.1 Å². The molecule has 6 nitrogen and oxygen atoms in total. The molecule has 1 aliphatic heterocycles. The summed E-state index contributed by atoms with van der Waals surface area (Å²) in [5.74, 6) is -0.109. The van der Waals surface area contributed by atoms with Gasteiger partial charge in [0.05, 0.1) is 0 Å². The Bertz CT molecular complexity index is 902. The van der Waals surface area contributed by atoms with Crippen molar-refractivity contribution in [3.05, 3.63) is 78.2 Å². The number of thioether (sulfide) groups is 1. The second-order valence-electron chi connectivity index (χ2n) is 7.87. The van der Waals surface area contributed by atoms with E-state index < -0.39 is 0 Å². The van der Waals surface area contributed by atoms with Crippen molar-refractivity contribution in [3.63, 3.8) is 0 Å². The zero-order valence-corrected chi connectivity index (χ0v) is 22.1. The number of likely N-dealkylation sites (N-methyl/N-ethyl adjacent to an activating group) is 1. The van der Waals surface area contributed by atoms with E-state index in [4.69, 9.17) is 12.2 Å². The highest BCUT2D eigenvalue weighted by Crippen LogP contribution is 2.15. The molecule has 8 heteroatoms. The minimum Gasteiger partial charge on any atom is -0.359 e. The summed E-state index contributed by atoms with van der Waals surface area (Å²) in [5.41, 5.74) is 2.45. The van der Waals surface area contributed by atoms with Crippen LogP contribution >= 0.6 is 24.0 Å². The van der Waals surface area contributed by atoms with Gasteiger partial charge < -0.3 is 20.9 Å². The Morgan fingerprint density at radius 2 is 1.94 bits per heavy atom. The molecule has 0 saturated carbocycles. The number of thiocarbonyl (C=S) groups is 1. The molecule has 184 valence electrons. The van der Waals surface area contributed by atoms with Crippen LogP contribution in [0, 0.1) is 0 Å². The summed E-state index contributed by atoms with van der Waals surface area (Å²) >= 11 is 7.22. The summed E-state index contributed by atoms with van der Waals surface area (Å²) in [6.45, 7) is 14.6. The quantitative estimate of drug-likeness (QED) is 0.243. The van der Waals surface area contributed by atoms with Crippen molar-refractivity contribution < 1.29 is 4.79 Å². The van der Waals surface area contributed by atoms with E-state index in [0.717, 1.165) is 55.6 Å². The van der Waals surface area contributed by atoms with Gasteiger partial charge in [-0.3, -0.25) is 9.69 Å². The van der Waals surface area contributed by atoms with Crippen LogP contribution in [0.25, 0.3) is 0 Å². The molecule has 2 rings (SSSR count). The lowest BCUT2D eigenvalue weighted by Gasteiger charge is -2.32. The first kappa shape index (κ1) is 27.9. The lowest BCUT2D eigenvalue weighted by Crippen LogP contribution is -2.47. The van der Waals surface area contributed by atoms with E-state index in [-0.39, 0.29) is 5.91 Å². The first-order chi connectivity index (χ1) is 16.4. The average Bonchev–Trinajstić information content (AvgIpc) is 2.84. The molecule has 1 aliphatic rings. The Morgan fingerprint density at radius 3 is 2.59 bits per heavy atom. The van der Waals surface area contributed by atoms with Crippen LogP contribution in [0.2, 0.25) is 0 Å². The summed E-state index contributed by atoms with van der Waals surface area (Å²) in [6, 6.07) is 7.57. The number of rotatable bonds is 11. The van der Waals surface area contributed by atoms with Crippen molar-refractivity contribution in [1.29, 1.82) is 0 Å². The van der Waals surface area contributed by atoms with Gasteiger partial charge >= 0.3 is 0 Å². The zero-order chi connectivity index (χ0) is 24.8. The van der Waals surface area contributed by atoms with Gasteiger partial charge in [-0.15, -0.1) is 11.8 Å². The Balaban J connectivity index is 1.71. The molecule has 0 bridgehead atoms. The molecule has 0 unspecified atom stereocenters. The molecule has 0 aromatic heterocycles. The van der Waals surface area contributed by atoms with Crippen LogP contribution < -0.4 is 16.0 Å². The Kier molecular flexibility index (Phi) is 12.7. The minimum atomic E-state index is -0.109. The molecule has 1 aromatic rings. The molecule has 1 saturated heterocycles. The third kappa shape index (κ3) is 9.85. The SMILES string of the molecule is C=C(CN1CCNCC1)N(CC)C(=S)NC/C=C/C=C\C=C(/C)NC(=O)c1ccc(SC)cc1. The molecule has 1 fully saturated rings. The van der Waals surface area contributed by atoms with Crippen molar-refractivity contribution >= 4 is 35.0 Å². The average molecular weight is 500 g/mol. The number of piperazine rings is 1. The van der Waals surface area contributed by atoms with Gasteiger partial charge in [-0.1, -0.05) is 30.9 Å². The van der Waals surface area contributed by atoms with Gasteiger partial charge in [0.1, 0.15) is 0 Å². The number of nitrogens with zero attached hydrogens (tertiary/aromatic N) is 2. The van der Waals surface area contributed by atoms with Crippen LogP contribution in [0.1, 0.15) is 24.2 Å². The first-order valence-electron chi connectivity index (χ1n) is 11.6. The van der Waals surface area contributed by atoms with Crippen molar-refractivity contribution in [2.24, 2.45) is 0 Å². The number of benzene rings is 1. The van der Waals surface area contributed by atoms with Gasteiger partial charge in [0.15, 0.2) is 5.11 Å². The highest BCUT2D eigenvalue weighted by molar-refractivity contribution is 7.98. The molecule has 0 atom stereocenters. The fourth-order valence-electron chi connectivity index (χ4n) is 3.41. The zero-order valence-electron chi connectivity index (χ0n) is 20.5. The standard InChI is InChI=1S/C26H37N5OS2/c1-5-31(22(3)20-30-18-16-27-17-19-30)26(33)28-15-9-7-6-8-10-21(2)29-25(32)23-11-13-24(34-4)14-12-23/h6-14,27H,3,5,15-20H2,1-2,4H3,(H,28,33)(H,29,32)/b8-6-,9-7+,21-10+. The van der Waals surface area contributed by atoms with Gasteiger partial charge in [0.2, 0.25) is 0 Å². The van der Waals surface area contributed by atoms with Crippen molar-refractivity contribution in [1.82, 2.24) is 25.8 Å². The fraction of sp³-hybridized carbons (Fsp3) is 0.385. The lowest BCUT2D eigenvalue weighted by molar-refractivity contribution is 0.0966. The van der Waals surface area contributed by atoms with Crippen LogP contribution in [-0.4, -0.2) is 72.9 Å². The van der Waals surface area contributed by atoms with Gasteiger partial charge in [0.25, 0.3) is 5.91 Å². The number of allylic oxidation sites excluding steroid dienone is 5. The topological polar surface area (TPSA) is 59.6 Å². The summed E-state index contributed by atoms with van der Waals surface area (Å²) in [6.07, 6.45) is 11.7. The smallest absolute Gasteiger partial charge is 0.255 e. The lowest BCUT2D eigenvalue weighted by atomic mass is 10.2. The van der Waals surface area contributed by atoms with Gasteiger partial charge in [-0.2, -0.15) is 0 Å². The highest BCUT2D eigenvalue weighted by Gasteiger charge is 2.15. The monoisotopic (exact) mass is 499 g/mol. The molecule has 3 N–H and O–H groups in total. The molecule has 1 amide bonds. The van der Waals surface area contributed by atoms with Crippen LogP contribution in [0.15, 0.2) is 77.5 Å². The van der Waals surface area contributed by atoms with E-state index in [1.165, 1.54) is 0 Å². The first-order valence-corrected chi connectivity index (χ1v) is 13.2. The molecule has 0 aliphatic carbocycles. The second kappa shape index (κ2) is 15.5. The number of carbonyl (C=O) groups excluding carboxylic acids is 1. The maximum absolute atomic E-state index is 12.3. The largest absolute Gasteiger partial charge is 0.359 e. The van der Waals surface area contributed by atoms with Crippen LogP contribution in [-0.2, 0) is 0 Å². The maximum atomic E-state index is 12.3. The number of amides is 1.